The average molecular weight is 2010 g/mol. The minimum atomic E-state index is -4.24. The molecule has 0 amide bonds. The van der Waals surface area contributed by atoms with Gasteiger partial charge in [0.15, 0.2) is 0 Å². The van der Waals surface area contributed by atoms with Crippen molar-refractivity contribution in [1.29, 1.82) is 0 Å². The summed E-state index contributed by atoms with van der Waals surface area (Å²) in [5.74, 6) is 0.750. The van der Waals surface area contributed by atoms with E-state index in [-0.39, 0.29) is 39.6 Å². The van der Waals surface area contributed by atoms with Gasteiger partial charge in [0.05, 0.1) is 19.1 Å². The molecule has 14 aromatic heterocycles. The molecule has 0 spiro atoms. The lowest BCUT2D eigenvalue weighted by Crippen LogP contribution is -2.38. The Morgan fingerprint density at radius 3 is 0.929 bits per heavy atom. The fourth-order valence-electron chi connectivity index (χ4n) is 19.4. The smallest absolute Gasteiger partial charge is 0.402 e. The molecule has 7 aliphatic rings. The van der Waals surface area contributed by atoms with Crippen LogP contribution in [0.25, 0.3) is 74.4 Å². The van der Waals surface area contributed by atoms with Gasteiger partial charge < -0.3 is 9.84 Å². The van der Waals surface area contributed by atoms with Gasteiger partial charge in [0.2, 0.25) is 0 Å². The van der Waals surface area contributed by atoms with Crippen molar-refractivity contribution < 1.29 is 45.0 Å². The van der Waals surface area contributed by atoms with E-state index < -0.39 is 35.2 Å². The van der Waals surface area contributed by atoms with Crippen LogP contribution in [0.5, 0.6) is 5.75 Å². The lowest BCUT2D eigenvalue weighted by Gasteiger charge is -2.32. The van der Waals surface area contributed by atoms with Gasteiger partial charge in [-0.15, -0.1) is 159 Å². The molecule has 0 radical (unpaired) electrons. The van der Waals surface area contributed by atoms with Crippen molar-refractivity contribution >= 4 is 181 Å². The fourth-order valence-corrected chi connectivity index (χ4v) is 35.8. The van der Waals surface area contributed by atoms with Crippen molar-refractivity contribution in [1.82, 2.24) is 0 Å². The number of thiophene rings is 14. The van der Waals surface area contributed by atoms with Gasteiger partial charge in [0.1, 0.15) is 23.7 Å². The highest BCUT2D eigenvalue weighted by Crippen LogP contribution is 2.64. The zero-order valence-corrected chi connectivity index (χ0v) is 82.6. The molecule has 646 valence electrons. The summed E-state index contributed by atoms with van der Waals surface area (Å²) in [7, 11) is 1.71. The maximum Gasteiger partial charge on any atom is 0.402 e. The van der Waals surface area contributed by atoms with Crippen molar-refractivity contribution in [2.45, 2.75) is 137 Å². The highest BCUT2D eigenvalue weighted by Gasteiger charge is 2.59. The Kier molecular flexibility index (Phi) is 24.5. The minimum Gasteiger partial charge on any atom is -0.497 e. The Hall–Kier alpha value is -7.12. The highest BCUT2D eigenvalue weighted by molar-refractivity contribution is 9.09. The first-order valence-corrected chi connectivity index (χ1v) is 54.0. The summed E-state index contributed by atoms with van der Waals surface area (Å²) in [5.41, 5.74) is 16.5. The molecule has 1 N–H and O–H groups in total. The summed E-state index contributed by atoms with van der Waals surface area (Å²) in [5, 5.41) is 39.4. The van der Waals surface area contributed by atoms with E-state index in [1.165, 1.54) is 173 Å². The van der Waals surface area contributed by atoms with Crippen LogP contribution in [0, 0.1) is 5.82 Å². The lowest BCUT2D eigenvalue weighted by molar-refractivity contribution is -0.171. The number of benzene rings is 3. The molecule has 0 atom stereocenters. The van der Waals surface area contributed by atoms with Gasteiger partial charge >= 0.3 is 12.4 Å². The summed E-state index contributed by atoms with van der Waals surface area (Å²) in [6, 6.07) is 55.0. The molecule has 0 saturated heterocycles. The Morgan fingerprint density at radius 2 is 0.627 bits per heavy atom. The fraction of sp³-hybridized carbons (Fsp3) is 0.248. The molecule has 7 aliphatic carbocycles. The van der Waals surface area contributed by atoms with Crippen molar-refractivity contribution in [3.63, 3.8) is 0 Å². The standard InChI is InChI=1S/C18H16OS2.C18H14S2.C17H13FS2.C14H16OS2.C12H8BrF3S2.C11H7F3S2.C11H9FS2/c1-18(11-12-3-5-13(19-2)6-4-12)14-7-9-20-16(14)17-15(18)8-10-21-17;1-18(10-7-13-5-3-2-4-6-13)14-8-11-19-16(14)17-15(18)9-12-20-17;1-17(10-11-2-4-12(18)5-3-11)13-6-8-19-15(13)16-14(17)7-9-20-16;1-13(2,15)8-14(3)9-4-6-16-11(9)12-10(14)5-7-17-12;13-6-11(5-12(14,15)16)7-1-3-17-9(7)10-8(11)2-4-18-10;1-10(11(12,13)14)6-2-4-15-8(6)9-7(10)3-5-16-9;1-11(6-12)7-2-4-13-9(7)10-8(11)3-5-14-10/h3-10H,11H2,1-2H3;2-12H,1H3;2-9H,10H2,1H3;4-7,15H,8H2,1-3H3;1-4H,5-6H2;2-5H,1H3;2-5H,6H2,1H3. The molecule has 126 heavy (non-hydrogen) atoms. The molecule has 14 heterocycles. The van der Waals surface area contributed by atoms with Crippen LogP contribution in [0.3, 0.4) is 0 Å². The van der Waals surface area contributed by atoms with Gasteiger partial charge in [-0.2, -0.15) is 26.3 Å². The van der Waals surface area contributed by atoms with Gasteiger partial charge in [-0.05, 0) is 333 Å². The SMILES string of the molecule is CC(C)(O)CC1(C)c2ccsc2-c2sccc21.CC1(C(F)(F)F)c2ccsc2-c2sccc21.CC1(C=Cc2ccccc2)c2ccsc2-c2sccc21.CC1(CF)c2ccsc2-c2sccc21.CC1(Cc2ccc(F)cc2)c2ccsc2-c2sccc21.COc1ccc(CC2(C)c3ccsc3-c3sccc32)cc1.FC(F)(F)CC1(CBr)c2ccsc2-c2sccc21. The minimum absolute atomic E-state index is 0.0144. The zero-order valence-electron chi connectivity index (χ0n) is 69.5. The first-order valence-electron chi connectivity index (χ1n) is 40.6. The van der Waals surface area contributed by atoms with Crippen molar-refractivity contribution in [3.05, 3.63) is 346 Å². The van der Waals surface area contributed by atoms with Crippen LogP contribution in [0.4, 0.5) is 35.1 Å². The number of rotatable bonds is 12. The maximum absolute atomic E-state index is 13.3. The molecule has 2 nitrogen and oxygen atoms in total. The van der Waals surface area contributed by atoms with Gasteiger partial charge in [-0.1, -0.05) is 103 Å². The number of alkyl halides is 8. The Labute approximate surface area is 793 Å². The van der Waals surface area contributed by atoms with E-state index in [1.807, 2.05) is 146 Å². The third-order valence-electron chi connectivity index (χ3n) is 25.7. The van der Waals surface area contributed by atoms with Crippen LogP contribution in [0.15, 0.2) is 245 Å². The number of allylic oxidation sites excluding steroid dienone is 1. The first kappa shape index (κ1) is 89.5. The molecule has 0 unspecified atom stereocenters. The molecular formula is C101H83BrF8O2S14. The molecule has 24 rings (SSSR count). The quantitative estimate of drug-likeness (QED) is 0.0976. The number of fused-ring (bicyclic) bond motifs is 21. The van der Waals surface area contributed by atoms with Crippen LogP contribution in [0.2, 0.25) is 0 Å². The predicted molar refractivity (Wildman–Crippen MR) is 533 cm³/mol. The van der Waals surface area contributed by atoms with E-state index >= 15 is 0 Å². The first-order chi connectivity index (χ1) is 60.3. The lowest BCUT2D eigenvalue weighted by atomic mass is 9.74. The summed E-state index contributed by atoms with van der Waals surface area (Å²) >= 11 is 27.3. The number of hydrogen-bond acceptors (Lipinski definition) is 16. The number of aliphatic hydroxyl groups is 1. The summed E-state index contributed by atoms with van der Waals surface area (Å²) in [6.07, 6.45) is -1.90. The second kappa shape index (κ2) is 34.6. The molecule has 0 aliphatic heterocycles. The van der Waals surface area contributed by atoms with E-state index in [0.717, 1.165) is 55.6 Å². The zero-order chi connectivity index (χ0) is 88.3. The normalized spacial score (nSPS) is 16.0. The Balaban J connectivity index is 0.0000001000. The number of hydrogen-bond donors (Lipinski definition) is 1. The molecule has 0 saturated carbocycles. The van der Waals surface area contributed by atoms with Crippen LogP contribution < -0.4 is 4.74 Å². The highest BCUT2D eigenvalue weighted by atomic mass is 79.9. The van der Waals surface area contributed by atoms with Crippen LogP contribution >= 0.6 is 175 Å². The van der Waals surface area contributed by atoms with Crippen LogP contribution in [-0.2, 0) is 50.7 Å². The Bertz CT molecular complexity index is 6460. The van der Waals surface area contributed by atoms with Crippen LogP contribution in [-0.4, -0.2) is 42.2 Å². The van der Waals surface area contributed by atoms with Crippen molar-refractivity contribution in [3.8, 4) is 74.0 Å². The van der Waals surface area contributed by atoms with Crippen molar-refractivity contribution in [2.24, 2.45) is 0 Å². The van der Waals surface area contributed by atoms with E-state index in [0.29, 0.717) is 16.5 Å². The molecule has 17 aromatic rings. The Morgan fingerprint density at radius 1 is 0.349 bits per heavy atom. The number of halogens is 9. The third-order valence-corrected chi connectivity index (χ3v) is 40.6. The van der Waals surface area contributed by atoms with Gasteiger partial charge in [-0.25, -0.2) is 8.78 Å². The van der Waals surface area contributed by atoms with Crippen LogP contribution in [0.1, 0.15) is 163 Å². The van der Waals surface area contributed by atoms with E-state index in [9.17, 15) is 40.2 Å². The molecular weight excluding hydrogens is 1930 g/mol. The molecule has 3 aromatic carbocycles. The molecule has 0 fully saturated rings. The summed E-state index contributed by atoms with van der Waals surface area (Å²) in [4.78, 5) is 17.6. The van der Waals surface area contributed by atoms with Crippen molar-refractivity contribution in [2.75, 3.05) is 19.1 Å². The number of ether oxygens (including phenoxy) is 1. The van der Waals surface area contributed by atoms with E-state index in [4.69, 9.17) is 4.74 Å². The largest absolute Gasteiger partial charge is 0.497 e. The monoisotopic (exact) mass is 2010 g/mol. The van der Waals surface area contributed by atoms with Gasteiger partial charge in [-0.3, -0.25) is 0 Å². The van der Waals surface area contributed by atoms with E-state index in [1.54, 1.807) is 64.8 Å². The topological polar surface area (TPSA) is 29.5 Å². The third kappa shape index (κ3) is 15.5. The second-order valence-corrected chi connectivity index (χ2v) is 47.5. The average Bonchev–Trinajstić information content (AvgIpc) is 1.54. The summed E-state index contributed by atoms with van der Waals surface area (Å²) < 4.78 is 110. The molecule has 25 heteroatoms. The maximum atomic E-state index is 13.3. The molecule has 0 bridgehead atoms. The predicted octanol–water partition coefficient (Wildman–Crippen LogP) is 35.0. The second-order valence-electron chi connectivity index (χ2n) is 34.1. The van der Waals surface area contributed by atoms with E-state index in [2.05, 4.69) is 225 Å². The van der Waals surface area contributed by atoms with Gasteiger partial charge in [0, 0.05) is 106 Å². The summed E-state index contributed by atoms with van der Waals surface area (Å²) in [6.45, 7) is 16.0. The van der Waals surface area contributed by atoms with Gasteiger partial charge in [0.25, 0.3) is 0 Å². The number of methoxy groups -OCH3 is 1.